The number of benzene rings is 2. The molecule has 10 nitrogen and oxygen atoms in total. The summed E-state index contributed by atoms with van der Waals surface area (Å²) in [6.07, 6.45) is 0.0167. The zero-order valence-electron chi connectivity index (χ0n) is 24.3. The van der Waals surface area contributed by atoms with Gasteiger partial charge < -0.3 is 14.8 Å². The molecular formula is C30H39N5O5. The fourth-order valence-corrected chi connectivity index (χ4v) is 3.62. The molecule has 2 rings (SSSR count). The van der Waals surface area contributed by atoms with Gasteiger partial charge in [0.1, 0.15) is 18.0 Å². The number of hydrazine groups is 1. The van der Waals surface area contributed by atoms with Crippen molar-refractivity contribution in [3.63, 3.8) is 0 Å². The fraction of sp³-hybridized carbons (Fsp3) is 0.400. The Labute approximate surface area is 236 Å². The predicted octanol–water partition coefficient (Wildman–Crippen LogP) is 4.46. The highest BCUT2D eigenvalue weighted by Crippen LogP contribution is 2.23. The van der Waals surface area contributed by atoms with E-state index >= 15 is 0 Å². The first kappa shape index (κ1) is 31.9. The Bertz CT molecular complexity index is 1260. The standard InChI is InChI=1S/C30H39N5O5/c1-8-39-27(37)19-34(21(2)3)35(20-36)26-16-11-23(18-22(26)4)10-9-17-32-25-14-12-24(13-15-25)28(31)33-29(38)40-30(5,6)7/h11-16,18,20-21,32H,8,17,19H2,1-7H3,(H2,31,33,38). The number of nitrogens with one attached hydrogen (secondary N) is 3. The lowest BCUT2D eigenvalue weighted by molar-refractivity contribution is -0.145. The topological polar surface area (TPSA) is 124 Å². The largest absolute Gasteiger partial charge is 0.465 e. The molecule has 0 aliphatic rings. The van der Waals surface area contributed by atoms with Crippen molar-refractivity contribution in [3.8, 4) is 11.8 Å². The maximum absolute atomic E-state index is 12.1. The normalized spacial score (nSPS) is 10.8. The molecular weight excluding hydrogens is 510 g/mol. The third kappa shape index (κ3) is 10.1. The smallest absolute Gasteiger partial charge is 0.413 e. The van der Waals surface area contributed by atoms with E-state index in [1.54, 1.807) is 63.0 Å². The number of anilines is 2. The SMILES string of the molecule is CCOC(=O)CN(C(C)C)N(C=O)c1ccc(C#CCNc2ccc(C(=N)NC(=O)OC(C)(C)C)cc2)cc1C. The summed E-state index contributed by atoms with van der Waals surface area (Å²) in [7, 11) is 0. The number of rotatable bonds is 10. The average Bonchev–Trinajstić information content (AvgIpc) is 2.86. The minimum absolute atomic E-state index is 0.0424. The number of esters is 1. The van der Waals surface area contributed by atoms with Gasteiger partial charge in [0, 0.05) is 22.9 Å². The van der Waals surface area contributed by atoms with Crippen LogP contribution in [0.15, 0.2) is 42.5 Å². The molecule has 0 atom stereocenters. The number of ether oxygens (including phenoxy) is 2. The van der Waals surface area contributed by atoms with Crippen LogP contribution in [0.1, 0.15) is 58.2 Å². The summed E-state index contributed by atoms with van der Waals surface area (Å²) in [6.45, 7) is 13.3. The number of alkyl carbamates (subject to hydrolysis) is 1. The molecule has 0 fully saturated rings. The maximum Gasteiger partial charge on any atom is 0.413 e. The van der Waals surface area contributed by atoms with Crippen LogP contribution in [0.3, 0.4) is 0 Å². The minimum Gasteiger partial charge on any atom is -0.465 e. The Morgan fingerprint density at radius 1 is 1.12 bits per heavy atom. The summed E-state index contributed by atoms with van der Waals surface area (Å²) in [5.74, 6) is 5.73. The van der Waals surface area contributed by atoms with Crippen molar-refractivity contribution in [1.82, 2.24) is 10.3 Å². The Kier molecular flexibility index (Phi) is 11.7. The van der Waals surface area contributed by atoms with Crippen LogP contribution in [0.5, 0.6) is 0 Å². The molecule has 3 N–H and O–H groups in total. The van der Waals surface area contributed by atoms with E-state index in [-0.39, 0.29) is 25.0 Å². The molecule has 0 aliphatic heterocycles. The summed E-state index contributed by atoms with van der Waals surface area (Å²) in [5.41, 5.74) is 2.98. The van der Waals surface area contributed by atoms with Gasteiger partial charge in [0.05, 0.1) is 18.8 Å². The van der Waals surface area contributed by atoms with Crippen molar-refractivity contribution in [2.75, 3.05) is 30.0 Å². The van der Waals surface area contributed by atoms with Crippen molar-refractivity contribution in [1.29, 1.82) is 5.41 Å². The van der Waals surface area contributed by atoms with Gasteiger partial charge in [0.25, 0.3) is 0 Å². The van der Waals surface area contributed by atoms with Crippen LogP contribution in [-0.4, -0.2) is 60.7 Å². The van der Waals surface area contributed by atoms with Gasteiger partial charge in [-0.15, -0.1) is 0 Å². The molecule has 0 aromatic heterocycles. The second-order valence-corrected chi connectivity index (χ2v) is 10.2. The molecule has 2 aromatic rings. The summed E-state index contributed by atoms with van der Waals surface area (Å²) in [4.78, 5) is 35.9. The van der Waals surface area contributed by atoms with Crippen LogP contribution in [0.25, 0.3) is 0 Å². The summed E-state index contributed by atoms with van der Waals surface area (Å²) in [5, 5.41) is 16.8. The van der Waals surface area contributed by atoms with Gasteiger partial charge in [-0.2, -0.15) is 0 Å². The van der Waals surface area contributed by atoms with Crippen molar-refractivity contribution >= 4 is 35.7 Å². The molecule has 0 saturated heterocycles. The number of hydrogen-bond donors (Lipinski definition) is 3. The molecule has 0 spiro atoms. The van der Waals surface area contributed by atoms with Crippen LogP contribution in [-0.2, 0) is 19.1 Å². The first-order chi connectivity index (χ1) is 18.8. The number of nitrogens with zero attached hydrogens (tertiary/aromatic N) is 2. The molecule has 2 aromatic carbocycles. The Morgan fingerprint density at radius 3 is 2.35 bits per heavy atom. The van der Waals surface area contributed by atoms with Gasteiger partial charge >= 0.3 is 12.1 Å². The predicted molar refractivity (Wildman–Crippen MR) is 156 cm³/mol. The minimum atomic E-state index is -0.675. The van der Waals surface area contributed by atoms with Crippen LogP contribution in [0, 0.1) is 24.2 Å². The number of amidine groups is 1. The highest BCUT2D eigenvalue weighted by molar-refractivity contribution is 6.04. The average molecular weight is 550 g/mol. The van der Waals surface area contributed by atoms with E-state index in [1.807, 2.05) is 32.9 Å². The molecule has 2 amide bonds. The molecule has 0 bridgehead atoms. The molecule has 214 valence electrons. The quantitative estimate of drug-likeness (QED) is 0.0998. The van der Waals surface area contributed by atoms with E-state index in [2.05, 4.69) is 22.5 Å². The van der Waals surface area contributed by atoms with Crippen LogP contribution in [0.4, 0.5) is 16.2 Å². The first-order valence-corrected chi connectivity index (χ1v) is 13.0. The lowest BCUT2D eigenvalue weighted by Gasteiger charge is -2.35. The van der Waals surface area contributed by atoms with Gasteiger partial charge in [0.2, 0.25) is 6.41 Å². The lowest BCUT2D eigenvalue weighted by atomic mass is 10.1. The van der Waals surface area contributed by atoms with Gasteiger partial charge in [0.15, 0.2) is 0 Å². The van der Waals surface area contributed by atoms with Crippen molar-refractivity contribution < 1.29 is 23.9 Å². The third-order valence-corrected chi connectivity index (χ3v) is 5.43. The third-order valence-electron chi connectivity index (χ3n) is 5.43. The van der Waals surface area contributed by atoms with E-state index in [4.69, 9.17) is 14.9 Å². The Hall–Kier alpha value is -4.36. The number of amides is 2. The van der Waals surface area contributed by atoms with E-state index < -0.39 is 17.7 Å². The van der Waals surface area contributed by atoms with E-state index in [0.29, 0.717) is 24.2 Å². The van der Waals surface area contributed by atoms with E-state index in [0.717, 1.165) is 16.8 Å². The van der Waals surface area contributed by atoms with Gasteiger partial charge in [-0.3, -0.25) is 20.3 Å². The van der Waals surface area contributed by atoms with Crippen molar-refractivity contribution in [2.24, 2.45) is 0 Å². The monoisotopic (exact) mass is 549 g/mol. The zero-order valence-corrected chi connectivity index (χ0v) is 24.3. The number of carbonyl (C=O) groups is 3. The van der Waals surface area contributed by atoms with Crippen LogP contribution < -0.4 is 15.6 Å². The van der Waals surface area contributed by atoms with Gasteiger partial charge in [-0.1, -0.05) is 11.8 Å². The molecule has 10 heteroatoms. The Balaban J connectivity index is 2.00. The second-order valence-electron chi connectivity index (χ2n) is 10.2. The molecule has 40 heavy (non-hydrogen) atoms. The maximum atomic E-state index is 12.1. The van der Waals surface area contributed by atoms with Crippen molar-refractivity contribution in [3.05, 3.63) is 59.2 Å². The summed E-state index contributed by atoms with van der Waals surface area (Å²) >= 11 is 0. The molecule has 0 saturated carbocycles. The highest BCUT2D eigenvalue weighted by Gasteiger charge is 2.23. The van der Waals surface area contributed by atoms with Crippen molar-refractivity contribution in [2.45, 2.75) is 60.1 Å². The summed E-state index contributed by atoms with van der Waals surface area (Å²) in [6, 6.07) is 12.4. The van der Waals surface area contributed by atoms with Crippen LogP contribution >= 0.6 is 0 Å². The second kappa shape index (κ2) is 14.7. The number of hydrogen-bond acceptors (Lipinski definition) is 8. The zero-order chi connectivity index (χ0) is 29.9. The highest BCUT2D eigenvalue weighted by atomic mass is 16.6. The molecule has 0 aliphatic carbocycles. The Morgan fingerprint density at radius 2 is 1.80 bits per heavy atom. The van der Waals surface area contributed by atoms with Crippen LogP contribution in [0.2, 0.25) is 0 Å². The molecule has 0 heterocycles. The van der Waals surface area contributed by atoms with Gasteiger partial charge in [-0.25, -0.2) is 14.8 Å². The van der Waals surface area contributed by atoms with Gasteiger partial charge in [-0.05, 0) is 96.5 Å². The molecule has 0 radical (unpaired) electrons. The van der Waals surface area contributed by atoms with E-state index in [9.17, 15) is 14.4 Å². The molecule has 0 unspecified atom stereocenters. The first-order valence-electron chi connectivity index (χ1n) is 13.0. The van der Waals surface area contributed by atoms with E-state index in [1.165, 1.54) is 5.01 Å². The summed E-state index contributed by atoms with van der Waals surface area (Å²) < 4.78 is 10.2. The number of aryl methyl sites for hydroxylation is 1. The fourth-order valence-electron chi connectivity index (χ4n) is 3.62. The number of carbonyl (C=O) groups excluding carboxylic acids is 3. The lowest BCUT2D eigenvalue weighted by Crippen LogP contribution is -2.49.